The first-order chi connectivity index (χ1) is 7.40. The van der Waals surface area contributed by atoms with Gasteiger partial charge < -0.3 is 0 Å². The van der Waals surface area contributed by atoms with Gasteiger partial charge in [-0.25, -0.2) is 0 Å². The summed E-state index contributed by atoms with van der Waals surface area (Å²) < 4.78 is 51.4. The predicted molar refractivity (Wildman–Crippen MR) is 40.3 cm³/mol. The molecule has 0 heterocycles. The number of allylic oxidation sites excluding steroid dienone is 1. The summed E-state index contributed by atoms with van der Waals surface area (Å²) in [6.45, 7) is 0.792. The molecule has 0 bridgehead atoms. The molecule has 0 fully saturated rings. The van der Waals surface area contributed by atoms with Crippen molar-refractivity contribution in [2.45, 2.75) is 6.42 Å². The van der Waals surface area contributed by atoms with E-state index in [1.54, 1.807) is 0 Å². The molecule has 9 heavy (non-hydrogen) atoms. The highest BCUT2D eigenvalue weighted by atomic mass is 13.9. The van der Waals surface area contributed by atoms with Crippen LogP contribution < -0.4 is 0 Å². The van der Waals surface area contributed by atoms with E-state index < -0.39 is 18.1 Å². The maximum atomic E-state index is 7.56. The standard InChI is InChI=1S/C9H10/c1-2-6-9-7-4-3-5-8-9/h2-5,7-8H,1,6H2/i1D,2D,3D,4D,5D,7D,8D. The molecule has 1 rings (SSSR count). The summed E-state index contributed by atoms with van der Waals surface area (Å²) >= 11 is 0. The summed E-state index contributed by atoms with van der Waals surface area (Å²) in [5.74, 6) is 0. The van der Waals surface area contributed by atoms with Crippen molar-refractivity contribution in [2.75, 3.05) is 0 Å². The first kappa shape index (κ1) is 1.72. The molecule has 46 valence electrons. The Morgan fingerprint density at radius 2 is 2.44 bits per heavy atom. The highest BCUT2D eigenvalue weighted by Gasteiger charge is 1.82. The number of hydrogen-bond donors (Lipinski definition) is 0. The molecule has 0 unspecified atom stereocenters. The first-order valence-electron chi connectivity index (χ1n) is 6.07. The van der Waals surface area contributed by atoms with E-state index in [1.165, 1.54) is 0 Å². The topological polar surface area (TPSA) is 0 Å². The predicted octanol–water partition coefficient (Wildman–Crippen LogP) is 2.42. The van der Waals surface area contributed by atoms with Crippen molar-refractivity contribution in [1.29, 1.82) is 0 Å². The van der Waals surface area contributed by atoms with Crippen LogP contribution in [0.5, 0.6) is 0 Å². The number of hydrogen-bond acceptors (Lipinski definition) is 0. The molecule has 0 aliphatic carbocycles. The van der Waals surface area contributed by atoms with E-state index in [9.17, 15) is 0 Å². The number of benzene rings is 1. The molecule has 0 saturated carbocycles. The van der Waals surface area contributed by atoms with Gasteiger partial charge in [0.25, 0.3) is 0 Å². The second-order valence-corrected chi connectivity index (χ2v) is 1.48. The van der Waals surface area contributed by atoms with Crippen LogP contribution in [-0.4, -0.2) is 0 Å². The third-order valence-corrected chi connectivity index (χ3v) is 0.831. The van der Waals surface area contributed by atoms with Gasteiger partial charge in [0.2, 0.25) is 0 Å². The lowest BCUT2D eigenvalue weighted by Gasteiger charge is -1.91. The quantitative estimate of drug-likeness (QED) is 0.532. The van der Waals surface area contributed by atoms with E-state index in [4.69, 9.17) is 9.60 Å². The third kappa shape index (κ3) is 1.73. The van der Waals surface area contributed by atoms with Crippen LogP contribution in [0.25, 0.3) is 0 Å². The van der Waals surface area contributed by atoms with Crippen molar-refractivity contribution in [2.24, 2.45) is 0 Å². The molecule has 0 atom stereocenters. The zero-order valence-corrected chi connectivity index (χ0v) is 4.78. The smallest absolute Gasteiger partial charge is 0.0626 e. The van der Waals surface area contributed by atoms with E-state index in [-0.39, 0.29) is 30.1 Å². The lowest BCUT2D eigenvalue weighted by Crippen LogP contribution is -1.75. The van der Waals surface area contributed by atoms with E-state index in [2.05, 4.69) is 0 Å². The van der Waals surface area contributed by atoms with E-state index in [0.717, 1.165) is 6.55 Å². The van der Waals surface area contributed by atoms with Gasteiger partial charge in [0.15, 0.2) is 0 Å². The van der Waals surface area contributed by atoms with Gasteiger partial charge in [-0.15, -0.1) is 6.55 Å². The summed E-state index contributed by atoms with van der Waals surface area (Å²) in [6.07, 6.45) is -0.126. The monoisotopic (exact) mass is 125 g/mol. The van der Waals surface area contributed by atoms with E-state index in [1.807, 2.05) is 0 Å². The van der Waals surface area contributed by atoms with Gasteiger partial charge in [-0.2, -0.15) is 0 Å². The van der Waals surface area contributed by atoms with Gasteiger partial charge in [0.1, 0.15) is 0 Å². The van der Waals surface area contributed by atoms with Crippen molar-refractivity contribution in [3.63, 3.8) is 0 Å². The lowest BCUT2D eigenvalue weighted by molar-refractivity contribution is 1.28. The van der Waals surface area contributed by atoms with Crippen molar-refractivity contribution in [1.82, 2.24) is 0 Å². The summed E-state index contributed by atoms with van der Waals surface area (Å²) in [5.41, 5.74) is 0.0551. The molecule has 0 saturated heterocycles. The Bertz CT molecular complexity index is 421. The normalized spacial score (nSPS) is 22.2. The Labute approximate surface area is 65.7 Å². The zero-order valence-electron chi connectivity index (χ0n) is 11.8. The van der Waals surface area contributed by atoms with Crippen molar-refractivity contribution < 1.29 is 9.60 Å². The van der Waals surface area contributed by atoms with Gasteiger partial charge in [0, 0.05) is 0 Å². The van der Waals surface area contributed by atoms with Gasteiger partial charge in [-0.05, 0) is 12.0 Å². The zero-order chi connectivity index (χ0) is 12.5. The fourth-order valence-electron chi connectivity index (χ4n) is 0.466. The fourth-order valence-corrected chi connectivity index (χ4v) is 0.466. The Kier molecular flexibility index (Phi) is 0.590. The minimum atomic E-state index is -0.444. The Morgan fingerprint density at radius 1 is 1.67 bits per heavy atom. The van der Waals surface area contributed by atoms with Crippen LogP contribution in [0.1, 0.15) is 15.2 Å². The van der Waals surface area contributed by atoms with Crippen LogP contribution in [0.4, 0.5) is 0 Å². The van der Waals surface area contributed by atoms with Crippen LogP contribution in [0, 0.1) is 0 Å². The molecule has 1 aromatic rings. The summed E-state index contributed by atoms with van der Waals surface area (Å²) in [5, 5.41) is 0. The van der Waals surface area contributed by atoms with Crippen LogP contribution in [0.2, 0.25) is 0 Å². The average molecular weight is 125 g/mol. The average Bonchev–Trinajstić information content (AvgIpc) is 2.29. The summed E-state index contributed by atoms with van der Waals surface area (Å²) in [7, 11) is 0. The molecule has 0 heteroatoms. The van der Waals surface area contributed by atoms with Gasteiger partial charge >= 0.3 is 0 Å². The maximum Gasteiger partial charge on any atom is 0.0626 e. The molecule has 0 N–H and O–H groups in total. The van der Waals surface area contributed by atoms with Crippen LogP contribution in [0.15, 0.2) is 42.8 Å². The van der Waals surface area contributed by atoms with Crippen LogP contribution in [0.3, 0.4) is 0 Å². The maximum absolute atomic E-state index is 7.56. The Balaban J connectivity index is 3.40. The van der Waals surface area contributed by atoms with E-state index in [0.29, 0.717) is 0 Å². The van der Waals surface area contributed by atoms with Gasteiger partial charge in [-0.1, -0.05) is 36.3 Å². The van der Waals surface area contributed by atoms with Gasteiger partial charge in [0.05, 0.1) is 9.60 Å². The molecule has 1 aromatic carbocycles. The van der Waals surface area contributed by atoms with E-state index >= 15 is 0 Å². The second-order valence-electron chi connectivity index (χ2n) is 1.48. The van der Waals surface area contributed by atoms with Crippen molar-refractivity contribution in [3.8, 4) is 0 Å². The Morgan fingerprint density at radius 3 is 3.11 bits per heavy atom. The Hall–Kier alpha value is -1.04. The summed E-state index contributed by atoms with van der Waals surface area (Å²) in [4.78, 5) is 0. The molecular formula is C9H10. The molecule has 0 amide bonds. The van der Waals surface area contributed by atoms with Crippen LogP contribution in [-0.2, 0) is 6.42 Å². The third-order valence-electron chi connectivity index (χ3n) is 0.831. The molecule has 0 nitrogen and oxygen atoms in total. The molecule has 0 radical (unpaired) electrons. The number of rotatable bonds is 2. The SMILES string of the molecule is [2H]C=C([2H])Cc1c([2H])c([2H])c([2H])c([2H])c1[2H]. The molecule has 0 aliphatic rings. The minimum absolute atomic E-state index is 0.0551. The summed E-state index contributed by atoms with van der Waals surface area (Å²) in [6, 6.07) is -1.98. The molecule has 0 spiro atoms. The second kappa shape index (κ2) is 3.08. The lowest BCUT2D eigenvalue weighted by atomic mass is 10.2. The van der Waals surface area contributed by atoms with Crippen molar-refractivity contribution in [3.05, 3.63) is 48.4 Å². The van der Waals surface area contributed by atoms with Gasteiger partial charge in [-0.3, -0.25) is 0 Å². The van der Waals surface area contributed by atoms with Crippen molar-refractivity contribution >= 4 is 0 Å². The molecular weight excluding hydrogens is 108 g/mol. The minimum Gasteiger partial charge on any atom is -0.103 e. The largest absolute Gasteiger partial charge is 0.103 e. The molecule has 0 aliphatic heterocycles. The first-order valence-corrected chi connectivity index (χ1v) is 2.50. The fraction of sp³-hybridized carbons (Fsp3) is 0.111. The highest BCUT2D eigenvalue weighted by Crippen LogP contribution is 1.98. The highest BCUT2D eigenvalue weighted by molar-refractivity contribution is 5.16. The molecule has 0 aromatic heterocycles. The van der Waals surface area contributed by atoms with Crippen LogP contribution >= 0.6 is 0 Å².